The second kappa shape index (κ2) is 20.3. The summed E-state index contributed by atoms with van der Waals surface area (Å²) in [4.78, 5) is 38.9. The molecule has 1 amide bonds. The number of carbonyl (C=O) groups excluding carboxylic acids is 1. The van der Waals surface area contributed by atoms with Crippen molar-refractivity contribution < 1.29 is 37.1 Å². The maximum absolute atomic E-state index is 14.5. The third-order valence-corrected chi connectivity index (χ3v) is 18.4. The summed E-state index contributed by atoms with van der Waals surface area (Å²) in [5, 5.41) is 20.0. The van der Waals surface area contributed by atoms with Crippen molar-refractivity contribution in [2.45, 2.75) is 127 Å². The molecule has 0 unspecified atom stereocenters. The van der Waals surface area contributed by atoms with Gasteiger partial charge in [-0.25, -0.2) is 13.1 Å². The van der Waals surface area contributed by atoms with Crippen LogP contribution in [-0.4, -0.2) is 105 Å². The van der Waals surface area contributed by atoms with Crippen LogP contribution in [0.25, 0.3) is 11.0 Å². The fourth-order valence-corrected chi connectivity index (χ4v) is 13.7. The molecule has 3 saturated heterocycles. The molecule has 2 saturated carbocycles. The van der Waals surface area contributed by atoms with Crippen LogP contribution in [0.2, 0.25) is 0 Å². The van der Waals surface area contributed by atoms with Crippen LogP contribution in [0.5, 0.6) is 23.1 Å². The van der Waals surface area contributed by atoms with Crippen molar-refractivity contribution >= 4 is 44.0 Å². The highest BCUT2D eigenvalue weighted by molar-refractivity contribution is 7.90. The summed E-state index contributed by atoms with van der Waals surface area (Å²) in [6.45, 7) is 14.0. The Bertz CT molecular complexity index is 3000. The largest absolute Gasteiger partial charge is 0.489 e. The SMILES string of the molecule is CC(C)c1ccccc1[C@H]1CCCN1C1CC2(CCN(c3ccc(C(=O)NS(=O)(=O)c4cc5c(c([N+](=O)[O-])c4)N[C@@H](C4CCC(C)(C)CC4)CO5)c(Oc4cc5cc[nH]c5nc4OC[C@H]4COCCN4)c3)CC2)C1. The van der Waals surface area contributed by atoms with Crippen LogP contribution >= 0.6 is 0 Å². The van der Waals surface area contributed by atoms with Gasteiger partial charge in [0.05, 0.1) is 40.7 Å². The third kappa shape index (κ3) is 10.3. The maximum Gasteiger partial charge on any atom is 0.297 e. The fourth-order valence-electron chi connectivity index (χ4n) is 12.7. The molecule has 4 aliphatic heterocycles. The number of fused-ring (bicyclic) bond motifs is 2. The van der Waals surface area contributed by atoms with E-state index < -0.39 is 31.4 Å². The quantitative estimate of drug-likeness (QED) is 0.0605. The number of amides is 1. The zero-order valence-electron chi connectivity index (χ0n) is 43.0. The van der Waals surface area contributed by atoms with Crippen LogP contribution in [0.15, 0.2) is 77.8 Å². The molecule has 11 rings (SSSR count). The summed E-state index contributed by atoms with van der Waals surface area (Å²) >= 11 is 0. The number of morpholine rings is 1. The molecule has 0 radical (unpaired) electrons. The minimum Gasteiger partial charge on any atom is -0.489 e. The van der Waals surface area contributed by atoms with Crippen LogP contribution in [-0.2, 0) is 14.8 Å². The van der Waals surface area contributed by atoms with Crippen molar-refractivity contribution in [1.82, 2.24) is 24.9 Å². The van der Waals surface area contributed by atoms with E-state index in [-0.39, 0.29) is 76.4 Å². The van der Waals surface area contributed by atoms with Gasteiger partial charge in [-0.15, -0.1) is 0 Å². The predicted octanol–water partition coefficient (Wildman–Crippen LogP) is 9.85. The molecule has 1 spiro atoms. The van der Waals surface area contributed by atoms with Crippen molar-refractivity contribution in [2.75, 3.05) is 62.8 Å². The molecule has 5 aromatic rings. The van der Waals surface area contributed by atoms with E-state index in [1.165, 1.54) is 42.9 Å². The second-order valence-corrected chi connectivity index (χ2v) is 24.5. The Hall–Kier alpha value is -5.95. The van der Waals surface area contributed by atoms with Crippen molar-refractivity contribution in [3.05, 3.63) is 99.7 Å². The van der Waals surface area contributed by atoms with Crippen LogP contribution in [0.4, 0.5) is 17.1 Å². The molecular weight excluding hydrogens is 961 g/mol. The number of piperidine rings is 1. The van der Waals surface area contributed by atoms with Gasteiger partial charge < -0.3 is 39.5 Å². The first-order chi connectivity index (χ1) is 35.6. The molecule has 6 aliphatic rings. The number of hydrogen-bond donors (Lipinski definition) is 4. The van der Waals surface area contributed by atoms with Crippen LogP contribution in [0.1, 0.15) is 125 Å². The molecule has 6 heterocycles. The molecule has 4 N–H and O–H groups in total. The molecule has 3 atom stereocenters. The Labute approximate surface area is 433 Å². The summed E-state index contributed by atoms with van der Waals surface area (Å²) < 4.78 is 55.4. The lowest BCUT2D eigenvalue weighted by molar-refractivity contribution is -0.384. The minimum atomic E-state index is -4.70. The average Bonchev–Trinajstić information content (AvgIpc) is 4.07. The topological polar surface area (TPSA) is 203 Å². The molecule has 18 heteroatoms. The molecule has 2 aromatic heterocycles. The van der Waals surface area contributed by atoms with E-state index in [0.29, 0.717) is 43.4 Å². The molecule has 0 bridgehead atoms. The smallest absolute Gasteiger partial charge is 0.297 e. The lowest BCUT2D eigenvalue weighted by atomic mass is 9.59. The van der Waals surface area contributed by atoms with E-state index >= 15 is 0 Å². The van der Waals surface area contributed by atoms with Gasteiger partial charge in [-0.05, 0) is 129 Å². The molecule has 394 valence electrons. The van der Waals surface area contributed by atoms with E-state index in [1.807, 2.05) is 12.1 Å². The molecule has 74 heavy (non-hydrogen) atoms. The number of H-pyrrole nitrogens is 1. The Kier molecular flexibility index (Phi) is 13.8. The Morgan fingerprint density at radius 3 is 2.53 bits per heavy atom. The number of benzene rings is 3. The molecule has 17 nitrogen and oxygen atoms in total. The molecule has 5 fully saturated rings. The number of carbonyl (C=O) groups is 1. The van der Waals surface area contributed by atoms with Gasteiger partial charge in [0.2, 0.25) is 0 Å². The summed E-state index contributed by atoms with van der Waals surface area (Å²) in [6.07, 6.45) is 12.6. The number of aromatic amines is 1. The predicted molar refractivity (Wildman–Crippen MR) is 283 cm³/mol. The van der Waals surface area contributed by atoms with Gasteiger partial charge in [0.25, 0.3) is 27.5 Å². The maximum atomic E-state index is 14.5. The first kappa shape index (κ1) is 50.2. The minimum absolute atomic E-state index is 0.0383. The number of nitro benzene ring substituents is 1. The number of nitrogens with zero attached hydrogens (tertiary/aromatic N) is 4. The van der Waals surface area contributed by atoms with E-state index in [0.717, 1.165) is 75.3 Å². The Balaban J connectivity index is 0.843. The number of ether oxygens (including phenoxy) is 4. The van der Waals surface area contributed by atoms with Crippen LogP contribution < -0.4 is 34.5 Å². The zero-order valence-corrected chi connectivity index (χ0v) is 43.8. The highest BCUT2D eigenvalue weighted by Gasteiger charge is 2.50. The number of sulfonamides is 1. The number of nitrogens with one attached hydrogen (secondary N) is 4. The van der Waals surface area contributed by atoms with E-state index in [9.17, 15) is 23.3 Å². The number of likely N-dealkylation sites (tertiary alicyclic amines) is 1. The summed E-state index contributed by atoms with van der Waals surface area (Å²) in [6, 6.07) is 20.8. The van der Waals surface area contributed by atoms with Gasteiger partial charge in [-0.1, -0.05) is 52.0 Å². The van der Waals surface area contributed by atoms with Gasteiger partial charge in [0.1, 0.15) is 24.6 Å². The Morgan fingerprint density at radius 1 is 0.973 bits per heavy atom. The summed E-state index contributed by atoms with van der Waals surface area (Å²) in [5.41, 5.74) is 4.46. The number of aromatic nitrogens is 2. The van der Waals surface area contributed by atoms with Gasteiger partial charge in [-0.2, -0.15) is 4.98 Å². The number of rotatable bonds is 14. The second-order valence-electron chi connectivity index (χ2n) is 22.8. The normalized spacial score (nSPS) is 23.2. The van der Waals surface area contributed by atoms with Crippen molar-refractivity contribution in [3.63, 3.8) is 0 Å². The van der Waals surface area contributed by atoms with Crippen molar-refractivity contribution in [2.24, 2.45) is 16.7 Å². The monoisotopic (exact) mass is 1030 g/mol. The summed E-state index contributed by atoms with van der Waals surface area (Å²) in [7, 11) is -4.70. The van der Waals surface area contributed by atoms with Crippen molar-refractivity contribution in [3.8, 4) is 23.1 Å². The van der Waals surface area contributed by atoms with Crippen LogP contribution in [0.3, 0.4) is 0 Å². The van der Waals surface area contributed by atoms with E-state index in [1.54, 1.807) is 24.4 Å². The lowest BCUT2D eigenvalue weighted by Crippen LogP contribution is -2.54. The van der Waals surface area contributed by atoms with E-state index in [2.05, 4.69) is 82.1 Å². The number of nitro groups is 1. The first-order valence-electron chi connectivity index (χ1n) is 26.7. The fraction of sp³-hybridized carbons (Fsp3) is 0.536. The van der Waals surface area contributed by atoms with Gasteiger partial charge in [-0.3, -0.25) is 19.8 Å². The zero-order chi connectivity index (χ0) is 51.4. The van der Waals surface area contributed by atoms with Gasteiger partial charge >= 0.3 is 0 Å². The standard InChI is InChI=1S/C56H70N8O9S/c1-35(2)42-8-5-6-9-43(42)46-10-7-22-63(46)40-30-56(31-40)18-23-62(24-19-56)39-11-12-44(48(27-39)73-50-26-37-15-20-58-52(37)60-54(50)72-33-38-32-70-25-21-57-38)53(65)61-74(68,69)41-28-47(64(66)67)51-49(29-41)71-34-45(59-51)36-13-16-55(3,4)17-14-36/h5-6,8-9,11-12,15,20,26-29,35-36,38,40,45-46,57,59H,7,10,13-14,16-19,21-25,30-34H2,1-4H3,(H,58,60)(H,61,65)/t38-,45-,46-/m1/s1. The Morgan fingerprint density at radius 2 is 1.77 bits per heavy atom. The van der Waals surface area contributed by atoms with Gasteiger partial charge in [0, 0.05) is 67.2 Å². The lowest BCUT2D eigenvalue weighted by Gasteiger charge is -2.56. The first-order valence-corrected chi connectivity index (χ1v) is 28.2. The number of hydrogen-bond acceptors (Lipinski definition) is 14. The highest BCUT2D eigenvalue weighted by atomic mass is 32.2. The van der Waals surface area contributed by atoms with E-state index in [4.69, 9.17) is 23.9 Å². The number of anilines is 2. The summed E-state index contributed by atoms with van der Waals surface area (Å²) in [5.74, 6) is 0.272. The molecular formula is C56H70N8O9S. The molecule has 3 aromatic carbocycles. The van der Waals surface area contributed by atoms with Gasteiger partial charge in [0.15, 0.2) is 17.2 Å². The third-order valence-electron chi connectivity index (χ3n) is 17.1. The average molecular weight is 1030 g/mol. The number of pyridine rings is 1. The highest BCUT2D eigenvalue weighted by Crippen LogP contribution is 2.55. The van der Waals surface area contributed by atoms with Crippen molar-refractivity contribution in [1.29, 1.82) is 0 Å². The molecule has 2 aliphatic carbocycles. The van der Waals surface area contributed by atoms with Crippen LogP contribution in [0, 0.1) is 26.9 Å².